The number of para-hydroxylation sites is 2. The average molecular weight is 396 g/mol. The molecule has 2 N–H and O–H groups in total. The lowest BCUT2D eigenvalue weighted by molar-refractivity contribution is 0.354. The topological polar surface area (TPSA) is 72.7 Å². The van der Waals surface area contributed by atoms with E-state index in [-0.39, 0.29) is 0 Å². The standard InChI is InChI=1S/C22H29N5O2/c1-23-22(25-13-11-17-9-10-20(28-2)21(15-17)29-3)24-12-6-14-27-16-26-18-7-4-5-8-19(18)27/h4-5,7-10,15-16H,6,11-14H2,1-3H3,(H2,23,24,25). The molecule has 7 nitrogen and oxygen atoms in total. The number of fused-ring (bicyclic) bond motifs is 1. The summed E-state index contributed by atoms with van der Waals surface area (Å²) in [6.07, 6.45) is 3.75. The van der Waals surface area contributed by atoms with E-state index in [2.05, 4.69) is 37.3 Å². The van der Waals surface area contributed by atoms with Gasteiger partial charge >= 0.3 is 0 Å². The highest BCUT2D eigenvalue weighted by atomic mass is 16.5. The van der Waals surface area contributed by atoms with Crippen LogP contribution in [0.15, 0.2) is 53.8 Å². The number of hydrogen-bond donors (Lipinski definition) is 2. The smallest absolute Gasteiger partial charge is 0.190 e. The number of nitrogens with one attached hydrogen (secondary N) is 2. The number of methoxy groups -OCH3 is 2. The van der Waals surface area contributed by atoms with E-state index in [1.165, 1.54) is 11.1 Å². The fourth-order valence-corrected chi connectivity index (χ4v) is 3.23. The van der Waals surface area contributed by atoms with Gasteiger partial charge in [-0.3, -0.25) is 4.99 Å². The first-order valence-corrected chi connectivity index (χ1v) is 9.80. The van der Waals surface area contributed by atoms with Crippen molar-refractivity contribution in [1.29, 1.82) is 0 Å². The number of aryl methyl sites for hydroxylation is 1. The summed E-state index contributed by atoms with van der Waals surface area (Å²) in [6.45, 7) is 2.53. The minimum atomic E-state index is 0.743. The third kappa shape index (κ3) is 5.40. The van der Waals surface area contributed by atoms with E-state index in [0.29, 0.717) is 0 Å². The van der Waals surface area contributed by atoms with E-state index in [9.17, 15) is 0 Å². The normalized spacial score (nSPS) is 11.5. The van der Waals surface area contributed by atoms with Gasteiger partial charge in [-0.05, 0) is 42.7 Å². The lowest BCUT2D eigenvalue weighted by Crippen LogP contribution is -2.38. The molecule has 0 fully saturated rings. The van der Waals surface area contributed by atoms with Crippen LogP contribution in [-0.2, 0) is 13.0 Å². The molecule has 29 heavy (non-hydrogen) atoms. The maximum atomic E-state index is 5.36. The Kier molecular flexibility index (Phi) is 7.33. The largest absolute Gasteiger partial charge is 0.493 e. The number of aromatic nitrogens is 2. The molecule has 7 heteroatoms. The lowest BCUT2D eigenvalue weighted by Gasteiger charge is -2.13. The average Bonchev–Trinajstić information content (AvgIpc) is 3.18. The molecule has 154 valence electrons. The van der Waals surface area contributed by atoms with Gasteiger partial charge in [0.15, 0.2) is 17.5 Å². The predicted octanol–water partition coefficient (Wildman–Crippen LogP) is 2.85. The summed E-state index contributed by atoms with van der Waals surface area (Å²) in [6, 6.07) is 14.2. The number of guanidine groups is 1. The molecule has 0 aliphatic rings. The zero-order valence-corrected chi connectivity index (χ0v) is 17.3. The second kappa shape index (κ2) is 10.4. The first-order valence-electron chi connectivity index (χ1n) is 9.80. The molecule has 3 rings (SSSR count). The van der Waals surface area contributed by atoms with Gasteiger partial charge in [0.25, 0.3) is 0 Å². The molecule has 0 aliphatic carbocycles. The highest BCUT2D eigenvalue weighted by Gasteiger charge is 2.05. The number of benzene rings is 2. The maximum Gasteiger partial charge on any atom is 0.190 e. The Morgan fingerprint density at radius 3 is 2.62 bits per heavy atom. The number of aliphatic imine (C=N–C) groups is 1. The van der Waals surface area contributed by atoms with Gasteiger partial charge in [0.1, 0.15) is 0 Å². The van der Waals surface area contributed by atoms with Gasteiger partial charge in [-0.1, -0.05) is 18.2 Å². The SMILES string of the molecule is CN=C(NCCCn1cnc2ccccc21)NCCc1ccc(OC)c(OC)c1. The zero-order valence-electron chi connectivity index (χ0n) is 17.3. The second-order valence-electron chi connectivity index (χ2n) is 6.65. The van der Waals surface area contributed by atoms with Crippen LogP contribution in [0.2, 0.25) is 0 Å². The molecule has 0 radical (unpaired) electrons. The monoisotopic (exact) mass is 395 g/mol. The Labute approximate surface area is 171 Å². The highest BCUT2D eigenvalue weighted by molar-refractivity contribution is 5.79. The summed E-state index contributed by atoms with van der Waals surface area (Å²) in [5.41, 5.74) is 3.38. The van der Waals surface area contributed by atoms with Crippen LogP contribution in [0, 0.1) is 0 Å². The van der Waals surface area contributed by atoms with Crippen molar-refractivity contribution in [3.05, 3.63) is 54.4 Å². The molecular weight excluding hydrogens is 366 g/mol. The summed E-state index contributed by atoms with van der Waals surface area (Å²) in [5.74, 6) is 2.30. The van der Waals surface area contributed by atoms with Crippen molar-refractivity contribution in [2.45, 2.75) is 19.4 Å². The van der Waals surface area contributed by atoms with Crippen molar-refractivity contribution in [2.24, 2.45) is 4.99 Å². The molecule has 3 aromatic rings. The summed E-state index contributed by atoms with van der Waals surface area (Å²) in [5, 5.41) is 6.72. The molecule has 2 aromatic carbocycles. The van der Waals surface area contributed by atoms with Crippen LogP contribution >= 0.6 is 0 Å². The minimum absolute atomic E-state index is 0.743. The molecule has 0 amide bonds. The van der Waals surface area contributed by atoms with Crippen molar-refractivity contribution in [1.82, 2.24) is 20.2 Å². The van der Waals surface area contributed by atoms with Crippen molar-refractivity contribution < 1.29 is 9.47 Å². The molecular formula is C22H29N5O2. The van der Waals surface area contributed by atoms with Crippen LogP contribution in [0.1, 0.15) is 12.0 Å². The summed E-state index contributed by atoms with van der Waals surface area (Å²) < 4.78 is 12.8. The zero-order chi connectivity index (χ0) is 20.5. The molecule has 0 aliphatic heterocycles. The van der Waals surface area contributed by atoms with E-state index >= 15 is 0 Å². The van der Waals surface area contributed by atoms with Crippen LogP contribution in [0.5, 0.6) is 11.5 Å². The van der Waals surface area contributed by atoms with E-state index in [0.717, 1.165) is 55.5 Å². The maximum absolute atomic E-state index is 5.36. The van der Waals surface area contributed by atoms with Gasteiger partial charge in [-0.25, -0.2) is 4.98 Å². The number of rotatable bonds is 9. The quantitative estimate of drug-likeness (QED) is 0.331. The number of imidazole rings is 1. The summed E-state index contributed by atoms with van der Waals surface area (Å²) in [7, 11) is 5.08. The van der Waals surface area contributed by atoms with Gasteiger partial charge in [-0.15, -0.1) is 0 Å². The fraction of sp³-hybridized carbons (Fsp3) is 0.364. The van der Waals surface area contributed by atoms with Crippen molar-refractivity contribution in [3.8, 4) is 11.5 Å². The van der Waals surface area contributed by atoms with E-state index in [1.54, 1.807) is 21.3 Å². The van der Waals surface area contributed by atoms with Crippen molar-refractivity contribution in [2.75, 3.05) is 34.4 Å². The number of ether oxygens (including phenoxy) is 2. The van der Waals surface area contributed by atoms with Crippen LogP contribution in [-0.4, -0.2) is 49.9 Å². The predicted molar refractivity (Wildman–Crippen MR) is 117 cm³/mol. The number of nitrogens with zero attached hydrogens (tertiary/aromatic N) is 3. The lowest BCUT2D eigenvalue weighted by atomic mass is 10.1. The van der Waals surface area contributed by atoms with Crippen LogP contribution in [0.3, 0.4) is 0 Å². The molecule has 0 unspecified atom stereocenters. The van der Waals surface area contributed by atoms with E-state index in [1.807, 2.05) is 36.7 Å². The summed E-state index contributed by atoms with van der Waals surface area (Å²) >= 11 is 0. The first kappa shape index (κ1) is 20.5. The summed E-state index contributed by atoms with van der Waals surface area (Å²) in [4.78, 5) is 8.73. The van der Waals surface area contributed by atoms with E-state index < -0.39 is 0 Å². The minimum Gasteiger partial charge on any atom is -0.493 e. The Morgan fingerprint density at radius 2 is 1.83 bits per heavy atom. The molecule has 0 atom stereocenters. The highest BCUT2D eigenvalue weighted by Crippen LogP contribution is 2.27. The third-order valence-electron chi connectivity index (χ3n) is 4.77. The molecule has 0 bridgehead atoms. The van der Waals surface area contributed by atoms with Crippen molar-refractivity contribution >= 4 is 17.0 Å². The molecule has 0 saturated carbocycles. The Morgan fingerprint density at radius 1 is 1.03 bits per heavy atom. The van der Waals surface area contributed by atoms with Gasteiger partial charge < -0.3 is 24.7 Å². The van der Waals surface area contributed by atoms with E-state index in [4.69, 9.17) is 9.47 Å². The van der Waals surface area contributed by atoms with Crippen LogP contribution in [0.4, 0.5) is 0 Å². The van der Waals surface area contributed by atoms with Crippen LogP contribution < -0.4 is 20.1 Å². The van der Waals surface area contributed by atoms with Gasteiger partial charge in [-0.2, -0.15) is 0 Å². The Bertz CT molecular complexity index is 951. The van der Waals surface area contributed by atoms with Gasteiger partial charge in [0, 0.05) is 26.7 Å². The van der Waals surface area contributed by atoms with Crippen LogP contribution in [0.25, 0.3) is 11.0 Å². The first-order chi connectivity index (χ1) is 14.2. The molecule has 1 heterocycles. The van der Waals surface area contributed by atoms with Gasteiger partial charge in [0.2, 0.25) is 0 Å². The number of hydrogen-bond acceptors (Lipinski definition) is 4. The Balaban J connectivity index is 1.40. The fourth-order valence-electron chi connectivity index (χ4n) is 3.23. The van der Waals surface area contributed by atoms with Crippen molar-refractivity contribution in [3.63, 3.8) is 0 Å². The Hall–Kier alpha value is -3.22. The molecule has 1 aromatic heterocycles. The second-order valence-corrected chi connectivity index (χ2v) is 6.65. The third-order valence-corrected chi connectivity index (χ3v) is 4.77. The van der Waals surface area contributed by atoms with Gasteiger partial charge in [0.05, 0.1) is 31.6 Å². The molecule has 0 saturated heterocycles. The molecule has 0 spiro atoms.